The molecule has 0 saturated carbocycles. The average Bonchev–Trinajstić information content (AvgIpc) is 2.72. The Kier molecular flexibility index (Phi) is 7.13. The van der Waals surface area contributed by atoms with Gasteiger partial charge < -0.3 is 19.3 Å². The first-order chi connectivity index (χ1) is 9.38. The number of hydrogen-bond acceptors (Lipinski definition) is 6. The van der Waals surface area contributed by atoms with Crippen molar-refractivity contribution in [3.63, 3.8) is 0 Å². The monoisotopic (exact) mass is 395 g/mol. The van der Waals surface area contributed by atoms with Gasteiger partial charge in [-0.05, 0) is 6.92 Å². The standard InChI is InChI=1S/C10H15N2O7P.Y/c1-5-3-12(10(15)11-9(5)14)8-2-6(13)7(19-8)4-18-20(16)17;/h3,6-8,13,20H,2,4H2,1H3,(H,16,17)(H,11,14,15);/t6-,7+,8?;/m0./s1. The smallest absolute Gasteiger partial charge is 0.330 e. The number of aryl methyl sites for hydroxylation is 1. The predicted molar refractivity (Wildman–Crippen MR) is 67.8 cm³/mol. The maximum absolute atomic E-state index is 11.7. The molecule has 1 radical (unpaired) electrons. The minimum absolute atomic E-state index is 0. The van der Waals surface area contributed by atoms with Crippen molar-refractivity contribution in [1.29, 1.82) is 0 Å². The fourth-order valence-electron chi connectivity index (χ4n) is 1.99. The summed E-state index contributed by atoms with van der Waals surface area (Å²) >= 11 is 0. The zero-order valence-electron chi connectivity index (χ0n) is 11.2. The van der Waals surface area contributed by atoms with Crippen LogP contribution in [0.3, 0.4) is 0 Å². The summed E-state index contributed by atoms with van der Waals surface area (Å²) in [5, 5.41) is 9.78. The summed E-state index contributed by atoms with van der Waals surface area (Å²) in [6, 6.07) is 0. The Hall–Kier alpha value is -0.146. The molecule has 0 spiro atoms. The maximum Gasteiger partial charge on any atom is 0.330 e. The van der Waals surface area contributed by atoms with Gasteiger partial charge in [-0.1, -0.05) is 0 Å². The van der Waals surface area contributed by atoms with Gasteiger partial charge in [0.25, 0.3) is 5.56 Å². The molecule has 0 aliphatic carbocycles. The number of hydrogen-bond donors (Lipinski definition) is 3. The second kappa shape index (κ2) is 7.92. The summed E-state index contributed by atoms with van der Waals surface area (Å²) in [6.45, 7) is 1.29. The van der Waals surface area contributed by atoms with E-state index in [2.05, 4.69) is 9.51 Å². The fraction of sp³-hybridized carbons (Fsp3) is 0.600. The Morgan fingerprint density at radius 3 is 2.86 bits per heavy atom. The third-order valence-electron chi connectivity index (χ3n) is 3.03. The van der Waals surface area contributed by atoms with E-state index in [4.69, 9.17) is 9.63 Å². The van der Waals surface area contributed by atoms with Crippen molar-refractivity contribution < 1.29 is 56.5 Å². The first kappa shape index (κ1) is 18.9. The molecule has 1 aromatic rings. The van der Waals surface area contributed by atoms with Crippen LogP contribution in [0.15, 0.2) is 15.8 Å². The van der Waals surface area contributed by atoms with Crippen LogP contribution in [0.1, 0.15) is 18.2 Å². The first-order valence-corrected chi connectivity index (χ1v) is 7.16. The number of ether oxygens (including phenoxy) is 1. The SMILES string of the molecule is Cc1cn(C2C[C@H](O)[C@@H](CO[PH](=O)O)O2)c(=O)[nH]c1=O.[Y]. The molecular weight excluding hydrogens is 380 g/mol. The van der Waals surface area contributed by atoms with Gasteiger partial charge in [0.15, 0.2) is 0 Å². The van der Waals surface area contributed by atoms with Crippen molar-refractivity contribution in [2.24, 2.45) is 0 Å². The quantitative estimate of drug-likeness (QED) is 0.551. The molecule has 1 fully saturated rings. The van der Waals surface area contributed by atoms with E-state index in [1.807, 2.05) is 0 Å². The van der Waals surface area contributed by atoms with Gasteiger partial charge in [0.1, 0.15) is 12.3 Å². The summed E-state index contributed by atoms with van der Waals surface area (Å²) in [7, 11) is -3.10. The minimum Gasteiger partial charge on any atom is -0.390 e. The van der Waals surface area contributed by atoms with Crippen LogP contribution >= 0.6 is 8.25 Å². The number of nitrogens with one attached hydrogen (secondary N) is 1. The molecule has 21 heavy (non-hydrogen) atoms. The third kappa shape index (κ3) is 4.66. The molecule has 0 amide bonds. The van der Waals surface area contributed by atoms with Crippen LogP contribution in [0.5, 0.6) is 0 Å². The van der Waals surface area contributed by atoms with Crippen molar-refractivity contribution in [1.82, 2.24) is 9.55 Å². The van der Waals surface area contributed by atoms with Gasteiger partial charge in [-0.3, -0.25) is 18.9 Å². The number of aromatic nitrogens is 2. The molecule has 1 aliphatic heterocycles. The molecular formula is C10H15N2O7PY. The Morgan fingerprint density at radius 2 is 2.24 bits per heavy atom. The van der Waals surface area contributed by atoms with Crippen molar-refractivity contribution in [2.75, 3.05) is 6.61 Å². The van der Waals surface area contributed by atoms with Gasteiger partial charge >= 0.3 is 13.9 Å². The second-order valence-corrected chi connectivity index (χ2v) is 5.31. The zero-order valence-corrected chi connectivity index (χ0v) is 15.0. The van der Waals surface area contributed by atoms with E-state index in [9.17, 15) is 19.3 Å². The van der Waals surface area contributed by atoms with Crippen LogP contribution in [0.25, 0.3) is 0 Å². The number of rotatable bonds is 4. The van der Waals surface area contributed by atoms with E-state index < -0.39 is 37.9 Å². The third-order valence-corrected chi connectivity index (χ3v) is 3.44. The van der Waals surface area contributed by atoms with Crippen LogP contribution < -0.4 is 11.2 Å². The van der Waals surface area contributed by atoms with E-state index in [0.29, 0.717) is 5.56 Å². The van der Waals surface area contributed by atoms with Crippen LogP contribution in [0, 0.1) is 6.92 Å². The van der Waals surface area contributed by atoms with Gasteiger partial charge in [0.2, 0.25) is 0 Å². The molecule has 1 aromatic heterocycles. The van der Waals surface area contributed by atoms with Crippen LogP contribution in [0.4, 0.5) is 0 Å². The number of aliphatic hydroxyl groups is 1. The largest absolute Gasteiger partial charge is 0.390 e. The van der Waals surface area contributed by atoms with E-state index >= 15 is 0 Å². The summed E-state index contributed by atoms with van der Waals surface area (Å²) in [6.07, 6.45) is -1.04. The molecule has 2 heterocycles. The Balaban J connectivity index is 0.00000220. The molecule has 115 valence electrons. The molecule has 3 N–H and O–H groups in total. The van der Waals surface area contributed by atoms with Gasteiger partial charge in [0.05, 0.1) is 12.7 Å². The fourth-order valence-corrected chi connectivity index (χ4v) is 2.30. The Bertz CT molecular complexity index is 631. The Morgan fingerprint density at radius 1 is 1.57 bits per heavy atom. The van der Waals surface area contributed by atoms with E-state index in [0.717, 1.165) is 0 Å². The summed E-state index contributed by atoms with van der Waals surface area (Å²) in [4.78, 5) is 33.7. The molecule has 1 aliphatic rings. The molecule has 1 saturated heterocycles. The van der Waals surface area contributed by atoms with Crippen molar-refractivity contribution >= 4 is 8.25 Å². The number of aliphatic hydroxyl groups excluding tert-OH is 1. The first-order valence-electron chi connectivity index (χ1n) is 5.90. The number of aromatic amines is 1. The molecule has 0 aromatic carbocycles. The van der Waals surface area contributed by atoms with Crippen LogP contribution in [-0.2, 0) is 46.5 Å². The Labute approximate surface area is 145 Å². The number of H-pyrrole nitrogens is 1. The van der Waals surface area contributed by atoms with E-state index in [1.54, 1.807) is 6.92 Å². The summed E-state index contributed by atoms with van der Waals surface area (Å²) < 4.78 is 21.6. The van der Waals surface area contributed by atoms with Gasteiger partial charge in [-0.15, -0.1) is 0 Å². The van der Waals surface area contributed by atoms with Gasteiger partial charge in [-0.25, -0.2) is 4.79 Å². The molecule has 0 bridgehead atoms. The predicted octanol–water partition coefficient (Wildman–Crippen LogP) is -1.11. The van der Waals surface area contributed by atoms with Gasteiger partial charge in [-0.2, -0.15) is 0 Å². The molecule has 11 heteroatoms. The molecule has 2 rings (SSSR count). The van der Waals surface area contributed by atoms with Crippen LogP contribution in [0.2, 0.25) is 0 Å². The topological polar surface area (TPSA) is 131 Å². The summed E-state index contributed by atoms with van der Waals surface area (Å²) in [5.41, 5.74) is -0.790. The van der Waals surface area contributed by atoms with Gasteiger partial charge in [0, 0.05) is 50.9 Å². The average molecular weight is 395 g/mol. The van der Waals surface area contributed by atoms with Crippen molar-refractivity contribution in [2.45, 2.75) is 31.8 Å². The second-order valence-electron chi connectivity index (χ2n) is 4.49. The number of nitrogens with zero attached hydrogens (tertiary/aromatic N) is 1. The molecule has 4 atom stereocenters. The van der Waals surface area contributed by atoms with Crippen molar-refractivity contribution in [3.05, 3.63) is 32.6 Å². The minimum atomic E-state index is -3.10. The summed E-state index contributed by atoms with van der Waals surface area (Å²) in [5.74, 6) is 0. The van der Waals surface area contributed by atoms with E-state index in [-0.39, 0.29) is 45.7 Å². The normalized spacial score (nSPS) is 26.3. The molecule has 2 unspecified atom stereocenters. The van der Waals surface area contributed by atoms with Crippen molar-refractivity contribution in [3.8, 4) is 0 Å². The van der Waals surface area contributed by atoms with Crippen LogP contribution in [-0.4, -0.2) is 38.4 Å². The maximum atomic E-state index is 11.7. The molecule has 9 nitrogen and oxygen atoms in total. The zero-order chi connectivity index (χ0) is 14.9. The van der Waals surface area contributed by atoms with E-state index in [1.165, 1.54) is 10.8 Å².